The van der Waals surface area contributed by atoms with Crippen LogP contribution in [0.4, 0.5) is 5.69 Å². The van der Waals surface area contributed by atoms with E-state index in [-0.39, 0.29) is 5.91 Å². The second-order valence-corrected chi connectivity index (χ2v) is 7.56. The Kier molecular flexibility index (Phi) is 7.08. The van der Waals surface area contributed by atoms with Crippen LogP contribution in [0, 0.1) is 0 Å². The number of nitrogens with one attached hydrogen (secondary N) is 2. The van der Waals surface area contributed by atoms with Gasteiger partial charge in [0.1, 0.15) is 0 Å². The number of likely N-dealkylation sites (N-methyl/N-ethyl adjacent to an activating group) is 1. The van der Waals surface area contributed by atoms with Crippen LogP contribution >= 0.6 is 35.4 Å². The summed E-state index contributed by atoms with van der Waals surface area (Å²) in [5.41, 5.74) is 2.65. The van der Waals surface area contributed by atoms with Crippen LogP contribution in [0.3, 0.4) is 0 Å². The number of hydrogen-bond acceptors (Lipinski definition) is 4. The van der Waals surface area contributed by atoms with E-state index in [0.717, 1.165) is 0 Å². The zero-order valence-electron chi connectivity index (χ0n) is 15.9. The molecule has 1 unspecified atom stereocenters. The van der Waals surface area contributed by atoms with Crippen molar-refractivity contribution < 1.29 is 9.53 Å². The number of nitrogens with zero attached hydrogens (tertiary/aromatic N) is 2. The second-order valence-electron chi connectivity index (χ2n) is 6.31. The number of benzene rings is 2. The lowest BCUT2D eigenvalue weighted by Crippen LogP contribution is -2.49. The molecule has 0 bridgehead atoms. The summed E-state index contributed by atoms with van der Waals surface area (Å²) in [4.78, 5) is 19.3. The quantitative estimate of drug-likeness (QED) is 0.540. The predicted molar refractivity (Wildman–Crippen MR) is 121 cm³/mol. The van der Waals surface area contributed by atoms with Crippen molar-refractivity contribution in [3.05, 3.63) is 63.6 Å². The number of benzodiazepines with no additional fused rings is 1. The molecule has 1 amide bonds. The summed E-state index contributed by atoms with van der Waals surface area (Å²) in [6.45, 7) is 0.994. The summed E-state index contributed by atoms with van der Waals surface area (Å²) < 4.78 is 5.00. The Morgan fingerprint density at radius 3 is 2.72 bits per heavy atom. The molecule has 2 N–H and O–H groups in total. The Balaban J connectivity index is 2.06. The van der Waals surface area contributed by atoms with Gasteiger partial charge in [0.05, 0.1) is 18.0 Å². The van der Waals surface area contributed by atoms with Crippen molar-refractivity contribution in [1.29, 1.82) is 0 Å². The number of ether oxygens (including phenoxy) is 1. The van der Waals surface area contributed by atoms with E-state index in [1.807, 2.05) is 18.2 Å². The zero-order valence-corrected chi connectivity index (χ0v) is 18.2. The van der Waals surface area contributed by atoms with Gasteiger partial charge in [0.15, 0.2) is 5.11 Å². The predicted octanol–water partition coefficient (Wildman–Crippen LogP) is 3.24. The molecule has 1 aliphatic rings. The maximum absolute atomic E-state index is 13.1. The van der Waals surface area contributed by atoms with Crippen LogP contribution in [0.2, 0.25) is 10.0 Å². The molecule has 1 atom stereocenters. The van der Waals surface area contributed by atoms with E-state index < -0.39 is 6.17 Å². The number of amides is 1. The summed E-state index contributed by atoms with van der Waals surface area (Å²) in [5, 5.41) is 7.33. The van der Waals surface area contributed by atoms with E-state index in [0.29, 0.717) is 50.8 Å². The van der Waals surface area contributed by atoms with Crippen molar-refractivity contribution >= 4 is 57.8 Å². The van der Waals surface area contributed by atoms with Gasteiger partial charge in [-0.25, -0.2) is 4.99 Å². The highest BCUT2D eigenvalue weighted by Gasteiger charge is 2.31. The van der Waals surface area contributed by atoms with Gasteiger partial charge in [0, 0.05) is 41.9 Å². The molecule has 0 saturated heterocycles. The third-order valence-electron chi connectivity index (χ3n) is 4.39. The van der Waals surface area contributed by atoms with E-state index in [4.69, 9.17) is 45.1 Å². The van der Waals surface area contributed by atoms with Crippen molar-refractivity contribution in [3.63, 3.8) is 0 Å². The smallest absolute Gasteiger partial charge is 0.272 e. The molecular weight excluding hydrogens is 431 g/mol. The standard InChI is InChI=1S/C20H20Cl2N4O2S/c1-26-16-8-7-12(21)11-14(16)17(13-5-3-4-6-15(13)22)24-18(19(26)27)25-20(29)23-9-10-28-2/h3-8,11,18H,9-10H2,1-2H3,(H2,23,25,29). The molecule has 0 spiro atoms. The van der Waals surface area contributed by atoms with Gasteiger partial charge in [-0.1, -0.05) is 41.4 Å². The summed E-state index contributed by atoms with van der Waals surface area (Å²) in [5.74, 6) is -0.258. The maximum Gasteiger partial charge on any atom is 0.272 e. The van der Waals surface area contributed by atoms with Gasteiger partial charge in [-0.05, 0) is 36.5 Å². The van der Waals surface area contributed by atoms with Gasteiger partial charge in [0.2, 0.25) is 6.17 Å². The Bertz CT molecular complexity index is 967. The molecule has 1 aliphatic heterocycles. The van der Waals surface area contributed by atoms with Gasteiger partial charge >= 0.3 is 0 Å². The fraction of sp³-hybridized carbons (Fsp3) is 0.250. The van der Waals surface area contributed by atoms with Crippen molar-refractivity contribution in [2.45, 2.75) is 6.17 Å². The molecule has 29 heavy (non-hydrogen) atoms. The van der Waals surface area contributed by atoms with Crippen LogP contribution in [0.25, 0.3) is 0 Å². The van der Waals surface area contributed by atoms with Crippen LogP contribution in [0.15, 0.2) is 47.5 Å². The summed E-state index contributed by atoms with van der Waals surface area (Å²) in [6.07, 6.45) is -0.931. The molecule has 0 radical (unpaired) electrons. The van der Waals surface area contributed by atoms with Crippen molar-refractivity contribution in [1.82, 2.24) is 10.6 Å². The number of thiocarbonyl (C=S) groups is 1. The molecule has 0 aliphatic carbocycles. The first-order chi connectivity index (χ1) is 13.9. The Labute approximate surface area is 184 Å². The van der Waals surface area contributed by atoms with Crippen molar-refractivity contribution in [2.75, 3.05) is 32.2 Å². The maximum atomic E-state index is 13.1. The van der Waals surface area contributed by atoms with Crippen LogP contribution in [0.5, 0.6) is 0 Å². The second kappa shape index (κ2) is 9.54. The lowest BCUT2D eigenvalue weighted by molar-refractivity contribution is -0.119. The fourth-order valence-corrected chi connectivity index (χ4v) is 3.56. The molecule has 0 saturated carbocycles. The number of fused-ring (bicyclic) bond motifs is 1. The highest BCUT2D eigenvalue weighted by Crippen LogP contribution is 2.31. The zero-order chi connectivity index (χ0) is 21.0. The van der Waals surface area contributed by atoms with E-state index in [9.17, 15) is 4.79 Å². The lowest BCUT2D eigenvalue weighted by Gasteiger charge is -2.22. The number of halogens is 2. The monoisotopic (exact) mass is 450 g/mol. The fourth-order valence-electron chi connectivity index (χ4n) is 2.95. The van der Waals surface area contributed by atoms with Crippen molar-refractivity contribution in [3.8, 4) is 0 Å². The van der Waals surface area contributed by atoms with Crippen LogP contribution in [0.1, 0.15) is 11.1 Å². The number of anilines is 1. The van der Waals surface area contributed by atoms with E-state index in [2.05, 4.69) is 10.6 Å². The molecule has 152 valence electrons. The van der Waals surface area contributed by atoms with E-state index in [1.54, 1.807) is 38.4 Å². The number of carbonyl (C=O) groups is 1. The summed E-state index contributed by atoms with van der Waals surface area (Å²) >= 11 is 18.0. The van der Waals surface area contributed by atoms with E-state index in [1.165, 1.54) is 4.90 Å². The average molecular weight is 451 g/mol. The van der Waals surface area contributed by atoms with Crippen LogP contribution in [-0.4, -0.2) is 50.2 Å². The van der Waals surface area contributed by atoms with Crippen LogP contribution in [-0.2, 0) is 9.53 Å². The molecule has 0 fully saturated rings. The SMILES string of the molecule is COCCNC(=S)NC1N=C(c2ccccc2Cl)c2cc(Cl)ccc2N(C)C1=O. The number of rotatable bonds is 5. The van der Waals surface area contributed by atoms with Gasteiger partial charge < -0.3 is 20.3 Å². The highest BCUT2D eigenvalue weighted by molar-refractivity contribution is 7.80. The third kappa shape index (κ3) is 4.87. The lowest BCUT2D eigenvalue weighted by atomic mass is 10.00. The summed E-state index contributed by atoms with van der Waals surface area (Å²) in [6, 6.07) is 12.6. The number of aliphatic imine (C=N–C) groups is 1. The molecule has 9 heteroatoms. The third-order valence-corrected chi connectivity index (χ3v) is 5.21. The molecule has 1 heterocycles. The normalized spacial score (nSPS) is 16.0. The Morgan fingerprint density at radius 1 is 1.24 bits per heavy atom. The molecule has 2 aromatic rings. The first kappa shape index (κ1) is 21.5. The Morgan fingerprint density at radius 2 is 2.00 bits per heavy atom. The minimum Gasteiger partial charge on any atom is -0.383 e. The first-order valence-corrected chi connectivity index (χ1v) is 10.0. The molecule has 0 aromatic heterocycles. The van der Waals surface area contributed by atoms with E-state index >= 15 is 0 Å². The van der Waals surface area contributed by atoms with Crippen molar-refractivity contribution in [2.24, 2.45) is 4.99 Å². The Hall–Kier alpha value is -2.19. The van der Waals surface area contributed by atoms with Gasteiger partial charge in [-0.15, -0.1) is 0 Å². The minimum absolute atomic E-state index is 0.258. The largest absolute Gasteiger partial charge is 0.383 e. The number of carbonyl (C=O) groups excluding carboxylic acids is 1. The first-order valence-electron chi connectivity index (χ1n) is 8.86. The van der Waals surface area contributed by atoms with Gasteiger partial charge in [-0.2, -0.15) is 0 Å². The molecule has 2 aromatic carbocycles. The van der Waals surface area contributed by atoms with Gasteiger partial charge in [0.25, 0.3) is 5.91 Å². The number of hydrogen-bond donors (Lipinski definition) is 2. The minimum atomic E-state index is -0.931. The summed E-state index contributed by atoms with van der Waals surface area (Å²) in [7, 11) is 3.29. The van der Waals surface area contributed by atoms with Gasteiger partial charge in [-0.3, -0.25) is 4.79 Å². The molecular formula is C20H20Cl2N4O2S. The highest BCUT2D eigenvalue weighted by atomic mass is 35.5. The number of methoxy groups -OCH3 is 1. The topological polar surface area (TPSA) is 66.0 Å². The molecule has 6 nitrogen and oxygen atoms in total. The average Bonchev–Trinajstić information content (AvgIpc) is 2.79. The molecule has 3 rings (SSSR count). The van der Waals surface area contributed by atoms with Crippen LogP contribution < -0.4 is 15.5 Å².